The van der Waals surface area contributed by atoms with Crippen molar-refractivity contribution in [2.75, 3.05) is 17.7 Å². The molecule has 0 aliphatic rings. The van der Waals surface area contributed by atoms with Crippen LogP contribution in [0.2, 0.25) is 0 Å². The smallest absolute Gasteiger partial charge is 0.216 e. The first-order valence-electron chi connectivity index (χ1n) is 5.93. The Morgan fingerprint density at radius 2 is 1.89 bits per heavy atom. The van der Waals surface area contributed by atoms with E-state index in [0.717, 1.165) is 0 Å². The molecule has 0 aromatic heterocycles. The second-order valence-corrected chi connectivity index (χ2v) is 7.89. The average Bonchev–Trinajstić information content (AvgIpc) is 2.28. The monoisotopic (exact) mass is 304 g/mol. The van der Waals surface area contributed by atoms with E-state index in [2.05, 4.69) is 4.72 Å². The molecule has 0 saturated carbocycles. The highest BCUT2D eigenvalue weighted by Crippen LogP contribution is 2.09. The van der Waals surface area contributed by atoms with Crippen LogP contribution in [0.5, 0.6) is 0 Å². The summed E-state index contributed by atoms with van der Waals surface area (Å²) in [5.41, 5.74) is 6.84. The fourth-order valence-corrected chi connectivity index (χ4v) is 3.71. The van der Waals surface area contributed by atoms with Crippen LogP contribution in [0.15, 0.2) is 24.3 Å². The summed E-state index contributed by atoms with van der Waals surface area (Å²) in [6, 6.07) is 6.52. The van der Waals surface area contributed by atoms with Gasteiger partial charge in [-0.2, -0.15) is 0 Å². The van der Waals surface area contributed by atoms with E-state index in [0.29, 0.717) is 23.4 Å². The highest BCUT2D eigenvalue weighted by Gasteiger charge is 2.15. The lowest BCUT2D eigenvalue weighted by Crippen LogP contribution is -2.34. The summed E-state index contributed by atoms with van der Waals surface area (Å²) in [6.07, 6.45) is 2.17. The molecule has 0 radical (unpaired) electrons. The summed E-state index contributed by atoms with van der Waals surface area (Å²) in [6.45, 7) is 1.77. The molecule has 0 amide bonds. The number of nitrogen functional groups attached to an aromatic ring is 1. The molecule has 19 heavy (non-hydrogen) atoms. The largest absolute Gasteiger partial charge is 0.399 e. The lowest BCUT2D eigenvalue weighted by atomic mass is 10.2. The third kappa shape index (κ3) is 6.70. The summed E-state index contributed by atoms with van der Waals surface area (Å²) < 4.78 is 37.4. The van der Waals surface area contributed by atoms with Crippen molar-refractivity contribution in [1.29, 1.82) is 0 Å². The zero-order valence-corrected chi connectivity index (χ0v) is 12.8. The standard InChI is InChI=1S/C12H20N2O3S2/c1-10(7-8-18(2)15)14-19(16,17)9-11-3-5-12(13)6-4-11/h3-6,10,14H,7-9,13H2,1-2H3. The second kappa shape index (κ2) is 7.02. The van der Waals surface area contributed by atoms with E-state index < -0.39 is 20.8 Å². The molecule has 2 unspecified atom stereocenters. The molecular weight excluding hydrogens is 284 g/mol. The van der Waals surface area contributed by atoms with Gasteiger partial charge in [0.2, 0.25) is 10.0 Å². The van der Waals surface area contributed by atoms with E-state index in [-0.39, 0.29) is 11.8 Å². The number of nitrogens with two attached hydrogens (primary N) is 1. The lowest BCUT2D eigenvalue weighted by molar-refractivity contribution is 0.555. The van der Waals surface area contributed by atoms with Crippen LogP contribution >= 0.6 is 0 Å². The van der Waals surface area contributed by atoms with E-state index in [1.54, 1.807) is 37.4 Å². The molecule has 1 aromatic carbocycles. The molecule has 0 aliphatic heterocycles. The topological polar surface area (TPSA) is 89.3 Å². The Kier molecular flexibility index (Phi) is 5.96. The molecule has 0 bridgehead atoms. The van der Waals surface area contributed by atoms with Crippen LogP contribution in [0.3, 0.4) is 0 Å². The summed E-state index contributed by atoms with van der Waals surface area (Å²) in [7, 11) is -4.29. The van der Waals surface area contributed by atoms with Crippen LogP contribution < -0.4 is 10.5 Å². The molecular formula is C12H20N2O3S2. The van der Waals surface area contributed by atoms with Crippen LogP contribution in [0.25, 0.3) is 0 Å². The van der Waals surface area contributed by atoms with Gasteiger partial charge in [-0.15, -0.1) is 0 Å². The summed E-state index contributed by atoms with van der Waals surface area (Å²) >= 11 is 0. The number of hydrogen-bond donors (Lipinski definition) is 2. The molecule has 7 heteroatoms. The molecule has 108 valence electrons. The van der Waals surface area contributed by atoms with Crippen LogP contribution in [-0.4, -0.2) is 30.7 Å². The Labute approximate surface area is 117 Å². The zero-order valence-electron chi connectivity index (χ0n) is 11.1. The molecule has 1 aromatic rings. The summed E-state index contributed by atoms with van der Waals surface area (Å²) in [5.74, 6) is 0.415. The van der Waals surface area contributed by atoms with Crippen LogP contribution in [0.1, 0.15) is 18.9 Å². The molecule has 0 aliphatic carbocycles. The SMILES string of the molecule is CC(CCS(C)=O)NS(=O)(=O)Cc1ccc(N)cc1. The van der Waals surface area contributed by atoms with E-state index in [1.165, 1.54) is 0 Å². The maximum absolute atomic E-state index is 11.9. The van der Waals surface area contributed by atoms with Gasteiger partial charge in [-0.05, 0) is 31.0 Å². The van der Waals surface area contributed by atoms with Gasteiger partial charge >= 0.3 is 0 Å². The Bertz CT molecular complexity index is 526. The van der Waals surface area contributed by atoms with Crippen LogP contribution in [0, 0.1) is 0 Å². The van der Waals surface area contributed by atoms with Gasteiger partial charge in [0.05, 0.1) is 5.75 Å². The van der Waals surface area contributed by atoms with Gasteiger partial charge in [-0.1, -0.05) is 12.1 Å². The quantitative estimate of drug-likeness (QED) is 0.731. The third-order valence-electron chi connectivity index (χ3n) is 2.56. The van der Waals surface area contributed by atoms with E-state index in [4.69, 9.17) is 5.73 Å². The number of rotatable bonds is 7. The molecule has 5 nitrogen and oxygen atoms in total. The third-order valence-corrected chi connectivity index (χ3v) is 4.84. The molecule has 0 spiro atoms. The van der Waals surface area contributed by atoms with Crippen molar-refractivity contribution in [2.24, 2.45) is 0 Å². The number of hydrogen-bond acceptors (Lipinski definition) is 4. The van der Waals surface area contributed by atoms with Gasteiger partial charge < -0.3 is 5.73 Å². The minimum atomic E-state index is -3.38. The number of anilines is 1. The molecule has 0 heterocycles. The van der Waals surface area contributed by atoms with Crippen molar-refractivity contribution in [2.45, 2.75) is 25.1 Å². The lowest BCUT2D eigenvalue weighted by Gasteiger charge is -2.13. The molecule has 1 rings (SSSR count). The normalized spacial score (nSPS) is 15.1. The van der Waals surface area contributed by atoms with E-state index in [1.807, 2.05) is 0 Å². The molecule has 0 saturated heterocycles. The fourth-order valence-electron chi connectivity index (χ4n) is 1.58. The van der Waals surface area contributed by atoms with Crippen LogP contribution in [0.4, 0.5) is 5.69 Å². The maximum Gasteiger partial charge on any atom is 0.216 e. The maximum atomic E-state index is 11.9. The summed E-state index contributed by atoms with van der Waals surface area (Å²) in [5, 5.41) is 0. The van der Waals surface area contributed by atoms with E-state index >= 15 is 0 Å². The zero-order chi connectivity index (χ0) is 14.5. The molecule has 0 fully saturated rings. The van der Waals surface area contributed by atoms with Crippen molar-refractivity contribution in [3.05, 3.63) is 29.8 Å². The van der Waals surface area contributed by atoms with Gasteiger partial charge in [0.15, 0.2) is 0 Å². The van der Waals surface area contributed by atoms with E-state index in [9.17, 15) is 12.6 Å². The molecule has 2 atom stereocenters. The summed E-state index contributed by atoms with van der Waals surface area (Å²) in [4.78, 5) is 0. The number of benzene rings is 1. The van der Waals surface area contributed by atoms with Gasteiger partial charge in [-0.25, -0.2) is 13.1 Å². The highest BCUT2D eigenvalue weighted by atomic mass is 32.2. The fraction of sp³-hybridized carbons (Fsp3) is 0.500. The first-order valence-corrected chi connectivity index (χ1v) is 9.31. The van der Waals surface area contributed by atoms with Gasteiger partial charge in [-0.3, -0.25) is 4.21 Å². The highest BCUT2D eigenvalue weighted by molar-refractivity contribution is 7.88. The Morgan fingerprint density at radius 1 is 1.32 bits per heavy atom. The predicted octanol–water partition coefficient (Wildman–Crippen LogP) is 0.845. The van der Waals surface area contributed by atoms with Gasteiger partial charge in [0.25, 0.3) is 0 Å². The Morgan fingerprint density at radius 3 is 2.42 bits per heavy atom. The van der Waals surface area contributed by atoms with Crippen molar-refractivity contribution in [3.8, 4) is 0 Å². The van der Waals surface area contributed by atoms with Gasteiger partial charge in [0.1, 0.15) is 0 Å². The van der Waals surface area contributed by atoms with Crippen molar-refractivity contribution < 1.29 is 12.6 Å². The first-order chi connectivity index (χ1) is 8.78. The van der Waals surface area contributed by atoms with Crippen molar-refractivity contribution in [1.82, 2.24) is 4.72 Å². The minimum Gasteiger partial charge on any atom is -0.399 e. The number of nitrogens with one attached hydrogen (secondary N) is 1. The Hall–Kier alpha value is -0.920. The van der Waals surface area contributed by atoms with Crippen LogP contribution in [-0.2, 0) is 26.6 Å². The second-order valence-electron chi connectivity index (χ2n) is 4.59. The van der Waals surface area contributed by atoms with Crippen molar-refractivity contribution in [3.63, 3.8) is 0 Å². The van der Waals surface area contributed by atoms with Gasteiger partial charge in [0, 0.05) is 34.5 Å². The van der Waals surface area contributed by atoms with Crippen molar-refractivity contribution >= 4 is 26.5 Å². The predicted molar refractivity (Wildman–Crippen MR) is 79.6 cm³/mol. The first kappa shape index (κ1) is 16.1. The molecule has 3 N–H and O–H groups in total. The Balaban J connectivity index is 2.56. The average molecular weight is 304 g/mol. The number of sulfonamides is 1. The minimum absolute atomic E-state index is 0.0766.